The van der Waals surface area contributed by atoms with Crippen LogP contribution in [-0.2, 0) is 4.74 Å². The van der Waals surface area contributed by atoms with Gasteiger partial charge in [0.15, 0.2) is 6.04 Å². The van der Waals surface area contributed by atoms with Gasteiger partial charge in [-0.05, 0) is 5.56 Å². The van der Waals surface area contributed by atoms with Gasteiger partial charge in [0.2, 0.25) is 0 Å². The Bertz CT molecular complexity index is 816. The van der Waals surface area contributed by atoms with Crippen LogP contribution in [0.2, 0.25) is 0 Å². The number of alkyl halides is 3. The Morgan fingerprint density at radius 3 is 2.56 bits per heavy atom. The SMILES string of the molecule is O=C(c1cnn2c1NC(c1ccccc1)CC2C(F)(F)F)N1CCOCC1. The number of anilines is 1. The van der Waals surface area contributed by atoms with Crippen molar-refractivity contribution in [1.29, 1.82) is 0 Å². The lowest BCUT2D eigenvalue weighted by molar-refractivity contribution is -0.173. The lowest BCUT2D eigenvalue weighted by atomic mass is 9.96. The van der Waals surface area contributed by atoms with Gasteiger partial charge in [0.05, 0.1) is 25.5 Å². The molecule has 1 N–H and O–H groups in total. The summed E-state index contributed by atoms with van der Waals surface area (Å²) in [6.07, 6.45) is -3.42. The Labute approximate surface area is 153 Å². The fourth-order valence-electron chi connectivity index (χ4n) is 3.56. The van der Waals surface area contributed by atoms with Gasteiger partial charge in [-0.25, -0.2) is 4.68 Å². The van der Waals surface area contributed by atoms with Crippen molar-refractivity contribution >= 4 is 11.7 Å². The third kappa shape index (κ3) is 3.39. The van der Waals surface area contributed by atoms with Crippen molar-refractivity contribution in [1.82, 2.24) is 14.7 Å². The molecule has 2 atom stereocenters. The molecular weight excluding hydrogens is 361 g/mol. The summed E-state index contributed by atoms with van der Waals surface area (Å²) in [6.45, 7) is 1.66. The first-order chi connectivity index (χ1) is 12.9. The number of fused-ring (bicyclic) bond motifs is 1. The molecule has 3 heterocycles. The van der Waals surface area contributed by atoms with Crippen molar-refractivity contribution in [3.63, 3.8) is 0 Å². The number of amides is 1. The van der Waals surface area contributed by atoms with Crippen LogP contribution >= 0.6 is 0 Å². The maximum Gasteiger partial charge on any atom is 0.410 e. The quantitative estimate of drug-likeness (QED) is 0.870. The van der Waals surface area contributed by atoms with Crippen molar-refractivity contribution in [2.75, 3.05) is 31.6 Å². The lowest BCUT2D eigenvalue weighted by Crippen LogP contribution is -2.41. The zero-order valence-electron chi connectivity index (χ0n) is 14.4. The minimum absolute atomic E-state index is 0.119. The zero-order valence-corrected chi connectivity index (χ0v) is 14.4. The Kier molecular flexibility index (Phi) is 4.55. The third-order valence-corrected chi connectivity index (χ3v) is 4.97. The molecule has 2 aliphatic rings. The summed E-state index contributed by atoms with van der Waals surface area (Å²) in [6, 6.07) is 6.59. The minimum Gasteiger partial charge on any atom is -0.378 e. The highest BCUT2D eigenvalue weighted by atomic mass is 19.4. The number of halogens is 3. The van der Waals surface area contributed by atoms with Crippen LogP contribution in [0.4, 0.5) is 19.0 Å². The van der Waals surface area contributed by atoms with E-state index in [2.05, 4.69) is 10.4 Å². The monoisotopic (exact) mass is 380 g/mol. The number of rotatable bonds is 2. The predicted molar refractivity (Wildman–Crippen MR) is 91.5 cm³/mol. The molecule has 6 nitrogen and oxygen atoms in total. The number of morpholine rings is 1. The summed E-state index contributed by atoms with van der Waals surface area (Å²) in [4.78, 5) is 14.4. The van der Waals surface area contributed by atoms with Gasteiger partial charge in [-0.1, -0.05) is 30.3 Å². The molecule has 27 heavy (non-hydrogen) atoms. The normalized spacial score (nSPS) is 22.9. The number of benzene rings is 1. The van der Waals surface area contributed by atoms with Gasteiger partial charge in [-0.15, -0.1) is 0 Å². The van der Waals surface area contributed by atoms with E-state index in [0.717, 1.165) is 10.2 Å². The van der Waals surface area contributed by atoms with Crippen LogP contribution < -0.4 is 5.32 Å². The molecule has 1 amide bonds. The first-order valence-electron chi connectivity index (χ1n) is 8.78. The Morgan fingerprint density at radius 2 is 1.89 bits per heavy atom. The second-order valence-electron chi connectivity index (χ2n) is 6.66. The van der Waals surface area contributed by atoms with Crippen molar-refractivity contribution in [2.45, 2.75) is 24.7 Å². The van der Waals surface area contributed by atoms with Crippen LogP contribution in [0.15, 0.2) is 36.5 Å². The number of hydrogen-bond acceptors (Lipinski definition) is 4. The molecule has 4 rings (SSSR count). The first-order valence-corrected chi connectivity index (χ1v) is 8.78. The molecule has 1 fully saturated rings. The van der Waals surface area contributed by atoms with E-state index in [-0.39, 0.29) is 23.7 Å². The Balaban J connectivity index is 1.71. The molecule has 1 aromatic carbocycles. The number of nitrogens with one attached hydrogen (secondary N) is 1. The van der Waals surface area contributed by atoms with E-state index in [9.17, 15) is 18.0 Å². The van der Waals surface area contributed by atoms with Gasteiger partial charge < -0.3 is 15.0 Å². The molecule has 0 bridgehead atoms. The number of carbonyl (C=O) groups excluding carboxylic acids is 1. The maximum absolute atomic E-state index is 13.7. The maximum atomic E-state index is 13.7. The van der Waals surface area contributed by atoms with Crippen LogP contribution in [-0.4, -0.2) is 53.1 Å². The predicted octanol–water partition coefficient (Wildman–Crippen LogP) is 3.02. The van der Waals surface area contributed by atoms with Crippen LogP contribution in [0.5, 0.6) is 0 Å². The highest BCUT2D eigenvalue weighted by molar-refractivity contribution is 5.99. The molecule has 1 aromatic heterocycles. The van der Waals surface area contributed by atoms with E-state index in [4.69, 9.17) is 4.74 Å². The molecule has 1 saturated heterocycles. The van der Waals surface area contributed by atoms with Crippen molar-refractivity contribution in [3.05, 3.63) is 47.7 Å². The summed E-state index contributed by atoms with van der Waals surface area (Å²) >= 11 is 0. The summed E-state index contributed by atoms with van der Waals surface area (Å²) in [7, 11) is 0. The standard InChI is InChI=1S/C18H19F3N4O2/c19-18(20,21)15-10-14(12-4-2-1-3-5-12)23-16-13(11-22-25(15)16)17(26)24-6-8-27-9-7-24/h1-5,11,14-15,23H,6-10H2. The van der Waals surface area contributed by atoms with Crippen LogP contribution in [0.1, 0.15) is 34.4 Å². The molecule has 2 unspecified atom stereocenters. The Morgan fingerprint density at radius 1 is 1.19 bits per heavy atom. The molecule has 2 aliphatic heterocycles. The number of carbonyl (C=O) groups is 1. The Hall–Kier alpha value is -2.55. The smallest absolute Gasteiger partial charge is 0.378 e. The molecule has 144 valence electrons. The molecule has 0 radical (unpaired) electrons. The molecule has 0 aliphatic carbocycles. The average molecular weight is 380 g/mol. The average Bonchev–Trinajstić information content (AvgIpc) is 3.11. The highest BCUT2D eigenvalue weighted by Gasteiger charge is 2.47. The minimum atomic E-state index is -4.46. The lowest BCUT2D eigenvalue weighted by Gasteiger charge is -2.34. The van der Waals surface area contributed by atoms with Gasteiger partial charge >= 0.3 is 6.18 Å². The summed E-state index contributed by atoms with van der Waals surface area (Å²) in [5, 5.41) is 7.01. The number of nitrogens with zero attached hydrogens (tertiary/aromatic N) is 3. The highest BCUT2D eigenvalue weighted by Crippen LogP contribution is 2.44. The summed E-state index contributed by atoms with van der Waals surface area (Å²) in [5.41, 5.74) is 0.899. The number of aromatic nitrogens is 2. The number of ether oxygens (including phenoxy) is 1. The van der Waals surface area contributed by atoms with Gasteiger partial charge in [-0.3, -0.25) is 4.79 Å². The van der Waals surface area contributed by atoms with Gasteiger partial charge in [0.1, 0.15) is 11.4 Å². The van der Waals surface area contributed by atoms with Gasteiger partial charge in [0, 0.05) is 19.5 Å². The first kappa shape index (κ1) is 17.8. The molecule has 0 spiro atoms. The van der Waals surface area contributed by atoms with E-state index in [1.807, 2.05) is 6.07 Å². The second kappa shape index (κ2) is 6.88. The summed E-state index contributed by atoms with van der Waals surface area (Å²) < 4.78 is 47.2. The van der Waals surface area contributed by atoms with Crippen molar-refractivity contribution < 1.29 is 22.7 Å². The fourth-order valence-corrected chi connectivity index (χ4v) is 3.56. The van der Waals surface area contributed by atoms with E-state index in [0.29, 0.717) is 26.3 Å². The zero-order chi connectivity index (χ0) is 19.0. The molecule has 0 saturated carbocycles. The third-order valence-electron chi connectivity index (χ3n) is 4.97. The molecule has 2 aromatic rings. The van der Waals surface area contributed by atoms with Crippen LogP contribution in [0.3, 0.4) is 0 Å². The van der Waals surface area contributed by atoms with Gasteiger partial charge in [-0.2, -0.15) is 18.3 Å². The molecular formula is C18H19F3N4O2. The van der Waals surface area contributed by atoms with Crippen LogP contribution in [0, 0.1) is 0 Å². The summed E-state index contributed by atoms with van der Waals surface area (Å²) in [5.74, 6) is -0.212. The van der Waals surface area contributed by atoms with Gasteiger partial charge in [0.25, 0.3) is 5.91 Å². The largest absolute Gasteiger partial charge is 0.410 e. The fraction of sp³-hybridized carbons (Fsp3) is 0.444. The van der Waals surface area contributed by atoms with E-state index < -0.39 is 18.3 Å². The molecule has 9 heteroatoms. The van der Waals surface area contributed by atoms with Crippen molar-refractivity contribution in [2.24, 2.45) is 0 Å². The second-order valence-corrected chi connectivity index (χ2v) is 6.66. The van der Waals surface area contributed by atoms with E-state index >= 15 is 0 Å². The van der Waals surface area contributed by atoms with Crippen LogP contribution in [0.25, 0.3) is 0 Å². The van der Waals surface area contributed by atoms with E-state index in [1.165, 1.54) is 6.20 Å². The number of hydrogen-bond donors (Lipinski definition) is 1. The van der Waals surface area contributed by atoms with E-state index in [1.54, 1.807) is 29.2 Å². The topological polar surface area (TPSA) is 59.4 Å². The van der Waals surface area contributed by atoms with Crippen molar-refractivity contribution in [3.8, 4) is 0 Å².